The lowest BCUT2D eigenvalue weighted by Crippen LogP contribution is -2.43. The van der Waals surface area contributed by atoms with E-state index in [1.54, 1.807) is 0 Å². The summed E-state index contributed by atoms with van der Waals surface area (Å²) in [4.78, 5) is 0. The summed E-state index contributed by atoms with van der Waals surface area (Å²) >= 11 is 0. The number of hydrogen-bond acceptors (Lipinski definition) is 5. The highest BCUT2D eigenvalue weighted by atomic mass is 16.6. The van der Waals surface area contributed by atoms with Crippen LogP contribution < -0.4 is 11.1 Å². The molecule has 5 N–H and O–H groups in total. The number of hydrogen-bond donors (Lipinski definition) is 4. The van der Waals surface area contributed by atoms with Gasteiger partial charge in [0.1, 0.15) is 6.10 Å². The van der Waals surface area contributed by atoms with Crippen LogP contribution in [0.25, 0.3) is 0 Å². The molecule has 0 spiro atoms. The molecule has 3 atom stereocenters. The Morgan fingerprint density at radius 2 is 2.05 bits per heavy atom. The molecule has 0 amide bonds. The molecule has 1 rings (SSSR count). The summed E-state index contributed by atoms with van der Waals surface area (Å²) < 4.78 is 16.2. The van der Waals surface area contributed by atoms with Crippen molar-refractivity contribution in [3.8, 4) is 0 Å². The molecule has 0 aromatic rings. The van der Waals surface area contributed by atoms with Gasteiger partial charge in [-0.3, -0.25) is 5.41 Å². The zero-order valence-electron chi connectivity index (χ0n) is 12.7. The standard InChI is InChI=1S/C10H20O4.C3H9N3/c1-3-12-7-9-8(13-4-2)5-6-10(11)14-9;1-2-6-3(4)5/h8-11H,3-7H2,1-2H3;2H2,1H3,(H4,4,5,6). The fraction of sp³-hybridized carbons (Fsp3) is 0.923. The second-order valence-electron chi connectivity index (χ2n) is 4.30. The molecule has 3 unspecified atom stereocenters. The van der Waals surface area contributed by atoms with Crippen LogP contribution in [-0.4, -0.2) is 55.9 Å². The molecule has 20 heavy (non-hydrogen) atoms. The van der Waals surface area contributed by atoms with Crippen LogP contribution in [0.2, 0.25) is 0 Å². The minimum absolute atomic E-state index is 0.0394. The minimum atomic E-state index is -0.655. The summed E-state index contributed by atoms with van der Waals surface area (Å²) in [6, 6.07) is 0. The lowest BCUT2D eigenvalue weighted by atomic mass is 10.1. The van der Waals surface area contributed by atoms with Crippen molar-refractivity contribution in [2.75, 3.05) is 26.4 Å². The summed E-state index contributed by atoms with van der Waals surface area (Å²) in [5.74, 6) is 0.0394. The van der Waals surface area contributed by atoms with Crippen molar-refractivity contribution in [1.82, 2.24) is 5.32 Å². The summed E-state index contributed by atoms with van der Waals surface area (Å²) in [5, 5.41) is 18.5. The van der Waals surface area contributed by atoms with Crippen molar-refractivity contribution in [3.63, 3.8) is 0 Å². The van der Waals surface area contributed by atoms with Crippen molar-refractivity contribution in [2.45, 2.75) is 52.1 Å². The van der Waals surface area contributed by atoms with Gasteiger partial charge in [0.2, 0.25) is 0 Å². The third-order valence-corrected chi connectivity index (χ3v) is 2.68. The van der Waals surface area contributed by atoms with Gasteiger partial charge >= 0.3 is 0 Å². The van der Waals surface area contributed by atoms with Gasteiger partial charge in [-0.1, -0.05) is 0 Å². The van der Waals surface area contributed by atoms with Crippen LogP contribution in [0, 0.1) is 5.41 Å². The van der Waals surface area contributed by atoms with Gasteiger partial charge in [-0.15, -0.1) is 0 Å². The van der Waals surface area contributed by atoms with Crippen LogP contribution in [-0.2, 0) is 14.2 Å². The fourth-order valence-corrected chi connectivity index (χ4v) is 1.83. The topological polar surface area (TPSA) is 110 Å². The second-order valence-corrected chi connectivity index (χ2v) is 4.30. The third-order valence-electron chi connectivity index (χ3n) is 2.68. The summed E-state index contributed by atoms with van der Waals surface area (Å²) in [6.45, 7) is 8.36. The average molecular weight is 291 g/mol. The van der Waals surface area contributed by atoms with E-state index in [0.29, 0.717) is 26.2 Å². The molecule has 0 bridgehead atoms. The quantitative estimate of drug-likeness (QED) is 0.417. The van der Waals surface area contributed by atoms with Gasteiger partial charge in [0.15, 0.2) is 12.2 Å². The van der Waals surface area contributed by atoms with E-state index in [0.717, 1.165) is 13.0 Å². The maximum Gasteiger partial charge on any atom is 0.185 e. The van der Waals surface area contributed by atoms with E-state index < -0.39 is 6.29 Å². The van der Waals surface area contributed by atoms with Crippen LogP contribution in [0.3, 0.4) is 0 Å². The molecule has 0 aromatic heterocycles. The first-order valence-corrected chi connectivity index (χ1v) is 7.15. The van der Waals surface area contributed by atoms with Gasteiger partial charge in [-0.05, 0) is 27.2 Å². The monoisotopic (exact) mass is 291 g/mol. The predicted octanol–water partition coefficient (Wildman–Crippen LogP) is 0.415. The molecule has 0 aromatic carbocycles. The normalized spacial score (nSPS) is 25.5. The Hall–Kier alpha value is -0.890. The molecule has 1 saturated heterocycles. The van der Waals surface area contributed by atoms with Crippen molar-refractivity contribution in [3.05, 3.63) is 0 Å². The van der Waals surface area contributed by atoms with Crippen molar-refractivity contribution in [1.29, 1.82) is 5.41 Å². The first-order chi connectivity index (χ1) is 9.54. The van der Waals surface area contributed by atoms with Crippen molar-refractivity contribution < 1.29 is 19.3 Å². The lowest BCUT2D eigenvalue weighted by molar-refractivity contribution is -0.220. The van der Waals surface area contributed by atoms with Gasteiger partial charge < -0.3 is 30.4 Å². The van der Waals surface area contributed by atoms with E-state index in [1.165, 1.54) is 0 Å². The minimum Gasteiger partial charge on any atom is -0.379 e. The Morgan fingerprint density at radius 3 is 2.50 bits per heavy atom. The van der Waals surface area contributed by atoms with Crippen LogP contribution in [0.5, 0.6) is 0 Å². The van der Waals surface area contributed by atoms with E-state index in [-0.39, 0.29) is 18.2 Å². The van der Waals surface area contributed by atoms with Gasteiger partial charge in [0.25, 0.3) is 0 Å². The number of guanidine groups is 1. The highest BCUT2D eigenvalue weighted by molar-refractivity contribution is 5.74. The molecule has 7 nitrogen and oxygen atoms in total. The van der Waals surface area contributed by atoms with Crippen LogP contribution in [0.4, 0.5) is 0 Å². The summed E-state index contributed by atoms with van der Waals surface area (Å²) in [5.41, 5.74) is 4.88. The Labute approximate surface area is 121 Å². The smallest absolute Gasteiger partial charge is 0.185 e. The Morgan fingerprint density at radius 1 is 1.35 bits per heavy atom. The van der Waals surface area contributed by atoms with Gasteiger partial charge in [-0.2, -0.15) is 0 Å². The summed E-state index contributed by atoms with van der Waals surface area (Å²) in [7, 11) is 0. The van der Waals surface area contributed by atoms with Crippen molar-refractivity contribution in [2.24, 2.45) is 5.73 Å². The SMILES string of the molecule is CCNC(=N)N.CCOCC1OC(O)CCC1OCC. The van der Waals surface area contributed by atoms with Crippen molar-refractivity contribution >= 4 is 5.96 Å². The molecule has 7 heteroatoms. The largest absolute Gasteiger partial charge is 0.379 e. The number of nitrogens with one attached hydrogen (secondary N) is 2. The van der Waals surface area contributed by atoms with Crippen LogP contribution in [0.1, 0.15) is 33.6 Å². The highest BCUT2D eigenvalue weighted by Gasteiger charge is 2.30. The molecule has 0 saturated carbocycles. The van der Waals surface area contributed by atoms with Gasteiger partial charge in [-0.25, -0.2) is 0 Å². The second kappa shape index (κ2) is 11.9. The van der Waals surface area contributed by atoms with E-state index in [9.17, 15) is 5.11 Å². The molecule has 1 aliphatic rings. The number of ether oxygens (including phenoxy) is 3. The van der Waals surface area contributed by atoms with Gasteiger partial charge in [0, 0.05) is 26.2 Å². The van der Waals surface area contributed by atoms with E-state index in [2.05, 4.69) is 5.32 Å². The van der Waals surface area contributed by atoms with E-state index in [4.69, 9.17) is 25.4 Å². The third kappa shape index (κ3) is 9.08. The van der Waals surface area contributed by atoms with E-state index >= 15 is 0 Å². The van der Waals surface area contributed by atoms with E-state index in [1.807, 2.05) is 20.8 Å². The zero-order valence-corrected chi connectivity index (χ0v) is 12.7. The Balaban J connectivity index is 0.000000511. The lowest BCUT2D eigenvalue weighted by Gasteiger charge is -2.33. The molecule has 1 aliphatic heterocycles. The number of rotatable bonds is 6. The Kier molecular flexibility index (Phi) is 11.4. The molecular weight excluding hydrogens is 262 g/mol. The maximum atomic E-state index is 9.33. The highest BCUT2D eigenvalue weighted by Crippen LogP contribution is 2.21. The molecule has 0 radical (unpaired) electrons. The fourth-order valence-electron chi connectivity index (χ4n) is 1.83. The van der Waals surface area contributed by atoms with Gasteiger partial charge in [0.05, 0.1) is 12.7 Å². The number of aliphatic hydroxyl groups excluding tert-OH is 1. The number of nitrogens with two attached hydrogens (primary N) is 1. The summed E-state index contributed by atoms with van der Waals surface area (Å²) in [6.07, 6.45) is 0.769. The molecule has 120 valence electrons. The molecule has 0 aliphatic carbocycles. The molecular formula is C13H29N3O4. The number of aliphatic hydroxyl groups is 1. The molecule has 1 heterocycles. The van der Waals surface area contributed by atoms with Crippen LogP contribution in [0.15, 0.2) is 0 Å². The first kappa shape index (κ1) is 19.1. The maximum absolute atomic E-state index is 9.33. The first-order valence-electron chi connectivity index (χ1n) is 7.15. The molecule has 1 fully saturated rings. The average Bonchev–Trinajstić information content (AvgIpc) is 2.40. The predicted molar refractivity (Wildman–Crippen MR) is 77.6 cm³/mol. The van der Waals surface area contributed by atoms with Crippen LogP contribution >= 0.6 is 0 Å². The zero-order chi connectivity index (χ0) is 15.4. The Bertz CT molecular complexity index is 254.